The highest BCUT2D eigenvalue weighted by atomic mass is 16.6. The minimum atomic E-state index is -0.492. The van der Waals surface area contributed by atoms with E-state index in [4.69, 9.17) is 4.74 Å². The number of hydrogen-bond donors (Lipinski definition) is 1. The highest BCUT2D eigenvalue weighted by Crippen LogP contribution is 2.30. The minimum Gasteiger partial charge on any atom is -0.496 e. The largest absolute Gasteiger partial charge is 0.496 e. The van der Waals surface area contributed by atoms with E-state index in [1.54, 1.807) is 30.6 Å². The fourth-order valence-corrected chi connectivity index (χ4v) is 1.38. The number of rotatable bonds is 4. The van der Waals surface area contributed by atoms with Gasteiger partial charge in [-0.05, 0) is 18.2 Å². The fraction of sp³-hybridized carbons (Fsp3) is 0.0909. The van der Waals surface area contributed by atoms with Gasteiger partial charge in [-0.3, -0.25) is 10.1 Å². The maximum atomic E-state index is 10.9. The van der Waals surface area contributed by atoms with Crippen molar-refractivity contribution in [3.05, 3.63) is 46.8 Å². The number of nitro groups is 1. The molecule has 0 bridgehead atoms. The normalized spacial score (nSPS) is 9.83. The zero-order valence-electron chi connectivity index (χ0n) is 9.53. The van der Waals surface area contributed by atoms with Gasteiger partial charge < -0.3 is 10.1 Å². The zero-order chi connectivity index (χ0) is 13.0. The lowest BCUT2D eigenvalue weighted by Gasteiger charge is -2.06. The van der Waals surface area contributed by atoms with E-state index in [0.29, 0.717) is 17.4 Å². The van der Waals surface area contributed by atoms with Crippen molar-refractivity contribution in [2.75, 3.05) is 12.4 Å². The average Bonchev–Trinajstić information content (AvgIpc) is 2.40. The van der Waals surface area contributed by atoms with Crippen molar-refractivity contribution in [1.29, 1.82) is 0 Å². The summed E-state index contributed by atoms with van der Waals surface area (Å²) in [5.74, 6) is 0.715. The van der Waals surface area contributed by atoms with Crippen LogP contribution in [0.4, 0.5) is 17.3 Å². The van der Waals surface area contributed by atoms with Crippen LogP contribution in [-0.4, -0.2) is 22.0 Å². The molecule has 2 rings (SSSR count). The second-order valence-electron chi connectivity index (χ2n) is 3.34. The van der Waals surface area contributed by atoms with Crippen LogP contribution in [0.25, 0.3) is 0 Å². The van der Waals surface area contributed by atoms with Crippen LogP contribution in [0, 0.1) is 10.1 Å². The van der Waals surface area contributed by atoms with Crippen LogP contribution < -0.4 is 10.1 Å². The SMILES string of the molecule is COc1ccc(Nc2ncccn2)c([N+](=O)[O-])c1. The first-order valence-corrected chi connectivity index (χ1v) is 5.07. The molecular formula is C11H10N4O3. The standard InChI is InChI=1S/C11H10N4O3/c1-18-8-3-4-9(10(7-8)15(16)17)14-11-12-5-2-6-13-11/h2-7H,1H3,(H,12,13,14). The summed E-state index contributed by atoms with van der Waals surface area (Å²) in [4.78, 5) is 18.3. The van der Waals surface area contributed by atoms with Gasteiger partial charge in [0.2, 0.25) is 5.95 Å². The third-order valence-electron chi connectivity index (χ3n) is 2.21. The van der Waals surface area contributed by atoms with Gasteiger partial charge in [-0.2, -0.15) is 0 Å². The Morgan fingerprint density at radius 3 is 2.67 bits per heavy atom. The molecule has 0 aliphatic rings. The minimum absolute atomic E-state index is 0.0956. The molecule has 1 aromatic carbocycles. The van der Waals surface area contributed by atoms with Gasteiger partial charge in [0.1, 0.15) is 11.4 Å². The van der Waals surface area contributed by atoms with E-state index in [-0.39, 0.29) is 5.69 Å². The molecule has 1 heterocycles. The third kappa shape index (κ3) is 2.51. The molecule has 1 aromatic heterocycles. The summed E-state index contributed by atoms with van der Waals surface area (Å²) in [6.45, 7) is 0. The number of anilines is 2. The lowest BCUT2D eigenvalue weighted by atomic mass is 10.2. The van der Waals surface area contributed by atoms with E-state index in [0.717, 1.165) is 0 Å². The summed E-state index contributed by atoms with van der Waals surface area (Å²) >= 11 is 0. The monoisotopic (exact) mass is 246 g/mol. The summed E-state index contributed by atoms with van der Waals surface area (Å²) in [6, 6.07) is 6.17. The van der Waals surface area contributed by atoms with E-state index in [1.807, 2.05) is 0 Å². The van der Waals surface area contributed by atoms with Crippen molar-refractivity contribution in [3.8, 4) is 5.75 Å². The van der Waals surface area contributed by atoms with E-state index in [2.05, 4.69) is 15.3 Å². The molecule has 7 heteroatoms. The third-order valence-corrected chi connectivity index (χ3v) is 2.21. The van der Waals surface area contributed by atoms with E-state index >= 15 is 0 Å². The highest BCUT2D eigenvalue weighted by Gasteiger charge is 2.15. The molecule has 0 amide bonds. The van der Waals surface area contributed by atoms with Crippen molar-refractivity contribution < 1.29 is 9.66 Å². The van der Waals surface area contributed by atoms with Crippen LogP contribution >= 0.6 is 0 Å². The summed E-state index contributed by atoms with van der Waals surface area (Å²) in [7, 11) is 1.45. The number of nitrogens with one attached hydrogen (secondary N) is 1. The Kier molecular flexibility index (Phi) is 3.33. The first-order chi connectivity index (χ1) is 8.70. The molecule has 0 aliphatic carbocycles. The van der Waals surface area contributed by atoms with E-state index < -0.39 is 4.92 Å². The molecule has 18 heavy (non-hydrogen) atoms. The second-order valence-corrected chi connectivity index (χ2v) is 3.34. The Hall–Kier alpha value is -2.70. The van der Waals surface area contributed by atoms with E-state index in [1.165, 1.54) is 13.2 Å². The van der Waals surface area contributed by atoms with Crippen LogP contribution in [0.5, 0.6) is 5.75 Å². The Morgan fingerprint density at radius 1 is 1.33 bits per heavy atom. The Labute approximate surface area is 103 Å². The van der Waals surface area contributed by atoms with Crippen LogP contribution in [-0.2, 0) is 0 Å². The number of nitrogens with zero attached hydrogens (tertiary/aromatic N) is 3. The topological polar surface area (TPSA) is 90.2 Å². The average molecular weight is 246 g/mol. The highest BCUT2D eigenvalue weighted by molar-refractivity contribution is 5.68. The number of benzene rings is 1. The quantitative estimate of drug-likeness (QED) is 0.656. The van der Waals surface area contributed by atoms with Crippen molar-refractivity contribution in [3.63, 3.8) is 0 Å². The van der Waals surface area contributed by atoms with Gasteiger partial charge >= 0.3 is 0 Å². The zero-order valence-corrected chi connectivity index (χ0v) is 9.53. The molecule has 0 fully saturated rings. The van der Waals surface area contributed by atoms with Gasteiger partial charge in [-0.15, -0.1) is 0 Å². The van der Waals surface area contributed by atoms with Crippen molar-refractivity contribution >= 4 is 17.3 Å². The first-order valence-electron chi connectivity index (χ1n) is 5.07. The van der Waals surface area contributed by atoms with Gasteiger partial charge in [0.15, 0.2) is 0 Å². The molecule has 0 radical (unpaired) electrons. The molecule has 7 nitrogen and oxygen atoms in total. The molecule has 2 aromatic rings. The molecule has 0 aliphatic heterocycles. The van der Waals surface area contributed by atoms with E-state index in [9.17, 15) is 10.1 Å². The molecule has 1 N–H and O–H groups in total. The van der Waals surface area contributed by atoms with Crippen molar-refractivity contribution in [1.82, 2.24) is 9.97 Å². The molecular weight excluding hydrogens is 236 g/mol. The fourth-order valence-electron chi connectivity index (χ4n) is 1.38. The summed E-state index contributed by atoms with van der Waals surface area (Å²) < 4.78 is 4.95. The summed E-state index contributed by atoms with van der Waals surface area (Å²) in [5.41, 5.74) is 0.216. The first kappa shape index (κ1) is 11.8. The van der Waals surface area contributed by atoms with Gasteiger partial charge in [0, 0.05) is 12.4 Å². The van der Waals surface area contributed by atoms with Crippen LogP contribution in [0.3, 0.4) is 0 Å². The molecule has 0 saturated carbocycles. The Balaban J connectivity index is 2.35. The second kappa shape index (κ2) is 5.09. The lowest BCUT2D eigenvalue weighted by molar-refractivity contribution is -0.384. The number of nitro benzene ring substituents is 1. The molecule has 0 unspecified atom stereocenters. The van der Waals surface area contributed by atoms with Gasteiger partial charge in [-0.25, -0.2) is 9.97 Å². The Morgan fingerprint density at radius 2 is 2.06 bits per heavy atom. The van der Waals surface area contributed by atoms with Gasteiger partial charge in [-0.1, -0.05) is 0 Å². The number of hydrogen-bond acceptors (Lipinski definition) is 6. The maximum absolute atomic E-state index is 10.9. The molecule has 0 atom stereocenters. The van der Waals surface area contributed by atoms with Crippen LogP contribution in [0.2, 0.25) is 0 Å². The van der Waals surface area contributed by atoms with Gasteiger partial charge in [0.25, 0.3) is 5.69 Å². The maximum Gasteiger partial charge on any atom is 0.296 e. The predicted octanol–water partition coefficient (Wildman–Crippen LogP) is 2.14. The smallest absolute Gasteiger partial charge is 0.296 e. The summed E-state index contributed by atoms with van der Waals surface area (Å²) in [5, 5.41) is 13.7. The number of ether oxygens (including phenoxy) is 1. The molecule has 0 spiro atoms. The Bertz CT molecular complexity index is 559. The summed E-state index contributed by atoms with van der Waals surface area (Å²) in [6.07, 6.45) is 3.09. The van der Waals surface area contributed by atoms with Gasteiger partial charge in [0.05, 0.1) is 18.1 Å². The lowest BCUT2D eigenvalue weighted by Crippen LogP contribution is -2.00. The number of methoxy groups -OCH3 is 1. The molecule has 92 valence electrons. The predicted molar refractivity (Wildman–Crippen MR) is 65.0 cm³/mol. The van der Waals surface area contributed by atoms with Crippen LogP contribution in [0.1, 0.15) is 0 Å². The van der Waals surface area contributed by atoms with Crippen molar-refractivity contribution in [2.45, 2.75) is 0 Å². The van der Waals surface area contributed by atoms with Crippen LogP contribution in [0.15, 0.2) is 36.7 Å². The van der Waals surface area contributed by atoms with Crippen molar-refractivity contribution in [2.24, 2.45) is 0 Å². The number of aromatic nitrogens is 2. The molecule has 0 saturated heterocycles.